The number of esters is 2. The van der Waals surface area contributed by atoms with E-state index >= 15 is 0 Å². The predicted octanol–water partition coefficient (Wildman–Crippen LogP) is 6.54. The number of hydrogen-bond donors (Lipinski definition) is 2. The van der Waals surface area contributed by atoms with Crippen LogP contribution in [0.2, 0.25) is 0 Å². The predicted molar refractivity (Wildman–Crippen MR) is 151 cm³/mol. The lowest BCUT2D eigenvalue weighted by atomic mass is 9.67. The van der Waals surface area contributed by atoms with E-state index in [1.165, 1.54) is 64.2 Å². The summed E-state index contributed by atoms with van der Waals surface area (Å²) in [6.07, 6.45) is 14.4. The maximum atomic E-state index is 12.4. The van der Waals surface area contributed by atoms with Crippen LogP contribution in [0.25, 0.3) is 0 Å². The van der Waals surface area contributed by atoms with Crippen LogP contribution < -0.4 is 0 Å². The number of rotatable bonds is 16. The average Bonchev–Trinajstić information content (AvgIpc) is 2.88. The van der Waals surface area contributed by atoms with Gasteiger partial charge >= 0.3 is 11.9 Å². The standard InChI is InChI=1S/C32H54O6/c1-6-7-8-9-26-10-12-27(13-11-26)28-14-16-29(17-15-28)30(20-37-31(35)22(2)18-24(4)33)21-38-32(36)23(3)19-25(5)34/h24-30,33-34H,2-3,6-21H2,1,4-5H3. The first kappa shape index (κ1) is 32.6. The minimum absolute atomic E-state index is 0.100. The number of ether oxygens (including phenoxy) is 2. The van der Waals surface area contributed by atoms with Gasteiger partial charge in [-0.05, 0) is 76.0 Å². The van der Waals surface area contributed by atoms with Crippen molar-refractivity contribution in [1.29, 1.82) is 0 Å². The van der Waals surface area contributed by atoms with Gasteiger partial charge in [0.2, 0.25) is 0 Å². The van der Waals surface area contributed by atoms with Crippen molar-refractivity contribution in [2.75, 3.05) is 13.2 Å². The fraction of sp³-hybridized carbons (Fsp3) is 0.812. The molecule has 0 radical (unpaired) electrons. The van der Waals surface area contributed by atoms with Crippen molar-refractivity contribution in [3.8, 4) is 0 Å². The van der Waals surface area contributed by atoms with E-state index in [2.05, 4.69) is 20.1 Å². The Labute approximate surface area is 231 Å². The van der Waals surface area contributed by atoms with Crippen molar-refractivity contribution in [2.45, 2.75) is 123 Å². The van der Waals surface area contributed by atoms with Gasteiger partial charge in [-0.2, -0.15) is 0 Å². The molecule has 2 aliphatic rings. The molecule has 38 heavy (non-hydrogen) atoms. The number of aliphatic hydroxyl groups is 2. The van der Waals surface area contributed by atoms with Crippen LogP contribution >= 0.6 is 0 Å². The summed E-state index contributed by atoms with van der Waals surface area (Å²) in [5.41, 5.74) is 0.491. The molecular formula is C32H54O6. The third kappa shape index (κ3) is 11.6. The lowest BCUT2D eigenvalue weighted by molar-refractivity contribution is -0.146. The Hall–Kier alpha value is -1.66. The van der Waals surface area contributed by atoms with E-state index in [0.717, 1.165) is 30.6 Å². The van der Waals surface area contributed by atoms with E-state index in [-0.39, 0.29) is 43.1 Å². The topological polar surface area (TPSA) is 93.1 Å². The summed E-state index contributed by atoms with van der Waals surface area (Å²) in [5.74, 6) is 1.72. The molecule has 0 aromatic carbocycles. The second kappa shape index (κ2) is 17.1. The van der Waals surface area contributed by atoms with Gasteiger partial charge in [-0.3, -0.25) is 0 Å². The molecule has 0 spiro atoms. The van der Waals surface area contributed by atoms with Gasteiger partial charge in [0.1, 0.15) is 0 Å². The Morgan fingerprint density at radius 3 is 1.63 bits per heavy atom. The highest BCUT2D eigenvalue weighted by Crippen LogP contribution is 2.43. The molecular weight excluding hydrogens is 480 g/mol. The van der Waals surface area contributed by atoms with Crippen molar-refractivity contribution < 1.29 is 29.3 Å². The lowest BCUT2D eigenvalue weighted by Gasteiger charge is -2.39. The average molecular weight is 535 g/mol. The van der Waals surface area contributed by atoms with Gasteiger partial charge in [-0.25, -0.2) is 9.59 Å². The van der Waals surface area contributed by atoms with Crippen LogP contribution in [0, 0.1) is 29.6 Å². The molecule has 2 atom stereocenters. The molecule has 2 rings (SSSR count). The van der Waals surface area contributed by atoms with Crippen molar-refractivity contribution in [2.24, 2.45) is 29.6 Å². The van der Waals surface area contributed by atoms with Gasteiger partial charge in [0.15, 0.2) is 0 Å². The molecule has 2 unspecified atom stereocenters. The number of aliphatic hydroxyl groups excluding tert-OH is 2. The van der Waals surface area contributed by atoms with Crippen LogP contribution in [0.15, 0.2) is 24.3 Å². The molecule has 0 aromatic rings. The van der Waals surface area contributed by atoms with Crippen LogP contribution in [0.5, 0.6) is 0 Å². The van der Waals surface area contributed by atoms with Crippen LogP contribution in [0.4, 0.5) is 0 Å². The summed E-state index contributed by atoms with van der Waals surface area (Å²) in [4.78, 5) is 24.8. The van der Waals surface area contributed by atoms with E-state index in [4.69, 9.17) is 9.47 Å². The lowest BCUT2D eigenvalue weighted by Crippen LogP contribution is -2.33. The molecule has 2 saturated carbocycles. The van der Waals surface area contributed by atoms with E-state index < -0.39 is 24.1 Å². The van der Waals surface area contributed by atoms with E-state index in [1.807, 2.05) is 0 Å². The largest absolute Gasteiger partial charge is 0.462 e. The molecule has 0 heterocycles. The van der Waals surface area contributed by atoms with Crippen molar-refractivity contribution >= 4 is 11.9 Å². The molecule has 0 bridgehead atoms. The van der Waals surface area contributed by atoms with E-state index in [9.17, 15) is 19.8 Å². The number of carbonyl (C=O) groups excluding carboxylic acids is 2. The SMILES string of the molecule is C=C(CC(C)O)C(=O)OCC(COC(=O)C(=C)CC(C)O)C1CCC(C2CCC(CCCCC)CC2)CC1. The summed E-state index contributed by atoms with van der Waals surface area (Å²) in [7, 11) is 0. The highest BCUT2D eigenvalue weighted by atomic mass is 16.5. The molecule has 0 aliphatic heterocycles. The van der Waals surface area contributed by atoms with Gasteiger partial charge < -0.3 is 19.7 Å². The summed E-state index contributed by atoms with van der Waals surface area (Å²) in [5, 5.41) is 19.1. The quantitative estimate of drug-likeness (QED) is 0.133. The first-order valence-electron chi connectivity index (χ1n) is 15.2. The third-order valence-electron chi connectivity index (χ3n) is 8.78. The Bertz CT molecular complexity index is 703. The van der Waals surface area contributed by atoms with E-state index in [0.29, 0.717) is 5.92 Å². The molecule has 0 saturated heterocycles. The molecule has 218 valence electrons. The molecule has 2 aliphatic carbocycles. The molecule has 0 amide bonds. The highest BCUT2D eigenvalue weighted by Gasteiger charge is 2.34. The van der Waals surface area contributed by atoms with Crippen LogP contribution in [0.1, 0.15) is 111 Å². The summed E-state index contributed by atoms with van der Waals surface area (Å²) in [6.45, 7) is 13.3. The monoisotopic (exact) mass is 534 g/mol. The summed E-state index contributed by atoms with van der Waals surface area (Å²) >= 11 is 0. The van der Waals surface area contributed by atoms with Crippen molar-refractivity contribution in [1.82, 2.24) is 0 Å². The zero-order valence-corrected chi connectivity index (χ0v) is 24.3. The fourth-order valence-corrected chi connectivity index (χ4v) is 6.49. The Kier molecular flexibility index (Phi) is 14.7. The van der Waals surface area contributed by atoms with Crippen LogP contribution in [-0.2, 0) is 19.1 Å². The van der Waals surface area contributed by atoms with Gasteiger partial charge in [-0.15, -0.1) is 0 Å². The second-order valence-electron chi connectivity index (χ2n) is 12.2. The fourth-order valence-electron chi connectivity index (χ4n) is 6.49. The first-order chi connectivity index (χ1) is 18.1. The molecule has 6 nitrogen and oxygen atoms in total. The van der Waals surface area contributed by atoms with Crippen LogP contribution in [0.3, 0.4) is 0 Å². The van der Waals surface area contributed by atoms with Gasteiger partial charge in [0.05, 0.1) is 25.4 Å². The summed E-state index contributed by atoms with van der Waals surface area (Å²) in [6, 6.07) is 0. The minimum Gasteiger partial charge on any atom is -0.462 e. The zero-order valence-electron chi connectivity index (χ0n) is 24.3. The van der Waals surface area contributed by atoms with Crippen molar-refractivity contribution in [3.05, 3.63) is 24.3 Å². The number of unbranched alkanes of at least 4 members (excludes halogenated alkanes) is 2. The molecule has 0 aromatic heterocycles. The molecule has 6 heteroatoms. The van der Waals surface area contributed by atoms with Gasteiger partial charge in [0, 0.05) is 29.9 Å². The smallest absolute Gasteiger partial charge is 0.333 e. The Morgan fingerprint density at radius 2 is 1.21 bits per heavy atom. The normalized spacial score (nSPS) is 26.1. The number of carbonyl (C=O) groups is 2. The van der Waals surface area contributed by atoms with E-state index in [1.54, 1.807) is 13.8 Å². The molecule has 2 N–H and O–H groups in total. The minimum atomic E-state index is -0.659. The van der Waals surface area contributed by atoms with Crippen molar-refractivity contribution in [3.63, 3.8) is 0 Å². The second-order valence-corrected chi connectivity index (χ2v) is 12.2. The highest BCUT2D eigenvalue weighted by molar-refractivity contribution is 5.88. The zero-order chi connectivity index (χ0) is 28.1. The summed E-state index contributed by atoms with van der Waals surface area (Å²) < 4.78 is 11.1. The van der Waals surface area contributed by atoms with Crippen LogP contribution in [-0.4, -0.2) is 47.6 Å². The molecule has 2 fully saturated rings. The van der Waals surface area contributed by atoms with Gasteiger partial charge in [-0.1, -0.05) is 58.6 Å². The Morgan fingerprint density at radius 1 is 0.763 bits per heavy atom. The Balaban J connectivity index is 1.89. The maximum Gasteiger partial charge on any atom is 0.333 e. The first-order valence-corrected chi connectivity index (χ1v) is 15.2. The number of hydrogen-bond acceptors (Lipinski definition) is 6. The van der Waals surface area contributed by atoms with Gasteiger partial charge in [0.25, 0.3) is 0 Å². The maximum absolute atomic E-state index is 12.4. The third-order valence-corrected chi connectivity index (χ3v) is 8.78.